The van der Waals surface area contributed by atoms with Crippen LogP contribution in [0.4, 0.5) is 0 Å². The van der Waals surface area contributed by atoms with Crippen LogP contribution in [-0.4, -0.2) is 9.67 Å². The van der Waals surface area contributed by atoms with E-state index in [2.05, 4.69) is 17.7 Å². The third-order valence-electron chi connectivity index (χ3n) is 5.41. The Morgan fingerprint density at radius 3 is 1.54 bits per heavy atom. The molecule has 0 aliphatic carbocycles. The SMILES string of the molecule is CCCCCCCCCCCCCCCCCC[n+]1ccn(C(C)O)c1. The summed E-state index contributed by atoms with van der Waals surface area (Å²) >= 11 is 0. The van der Waals surface area contributed by atoms with Gasteiger partial charge in [-0.3, -0.25) is 0 Å². The molecule has 0 bridgehead atoms. The lowest BCUT2D eigenvalue weighted by atomic mass is 10.0. The van der Waals surface area contributed by atoms with E-state index in [1.165, 1.54) is 103 Å². The summed E-state index contributed by atoms with van der Waals surface area (Å²) in [5.41, 5.74) is 0. The predicted octanol–water partition coefficient (Wildman–Crippen LogP) is 6.55. The van der Waals surface area contributed by atoms with Crippen molar-refractivity contribution in [3.05, 3.63) is 18.7 Å². The van der Waals surface area contributed by atoms with Crippen LogP contribution in [0.25, 0.3) is 0 Å². The Morgan fingerprint density at radius 1 is 0.731 bits per heavy atom. The molecule has 1 aromatic rings. The van der Waals surface area contributed by atoms with Gasteiger partial charge in [-0.1, -0.05) is 96.8 Å². The van der Waals surface area contributed by atoms with Gasteiger partial charge in [-0.2, -0.15) is 0 Å². The van der Waals surface area contributed by atoms with Crippen molar-refractivity contribution in [1.82, 2.24) is 4.57 Å². The number of aryl methyl sites for hydroxylation is 1. The fraction of sp³-hybridized carbons (Fsp3) is 0.870. The normalized spacial score (nSPS) is 12.6. The maximum atomic E-state index is 9.50. The molecule has 1 heterocycles. The number of aliphatic hydroxyl groups is 1. The zero-order valence-electron chi connectivity index (χ0n) is 17.7. The third-order valence-corrected chi connectivity index (χ3v) is 5.41. The molecule has 1 N–H and O–H groups in total. The number of aromatic nitrogens is 2. The van der Waals surface area contributed by atoms with Gasteiger partial charge in [-0.15, -0.1) is 0 Å². The van der Waals surface area contributed by atoms with Crippen molar-refractivity contribution in [2.24, 2.45) is 0 Å². The Labute approximate surface area is 162 Å². The Bertz CT molecular complexity index is 414. The first-order valence-electron chi connectivity index (χ1n) is 11.5. The van der Waals surface area contributed by atoms with Gasteiger partial charge in [0.05, 0.1) is 6.54 Å². The minimum Gasteiger partial charge on any atom is -0.355 e. The van der Waals surface area contributed by atoms with Crippen molar-refractivity contribution in [3.63, 3.8) is 0 Å². The average molecular weight is 366 g/mol. The van der Waals surface area contributed by atoms with Crippen molar-refractivity contribution in [2.75, 3.05) is 0 Å². The van der Waals surface area contributed by atoms with E-state index < -0.39 is 6.23 Å². The molecule has 1 rings (SSSR count). The van der Waals surface area contributed by atoms with Gasteiger partial charge in [0.25, 0.3) is 0 Å². The van der Waals surface area contributed by atoms with Gasteiger partial charge >= 0.3 is 0 Å². The summed E-state index contributed by atoms with van der Waals surface area (Å²) in [6.45, 7) is 5.15. The minimum atomic E-state index is -0.429. The molecule has 0 aliphatic heterocycles. The molecule has 0 amide bonds. The number of rotatable bonds is 18. The largest absolute Gasteiger partial charge is 0.355 e. The lowest BCUT2D eigenvalue weighted by Crippen LogP contribution is -2.31. The molecule has 0 spiro atoms. The van der Waals surface area contributed by atoms with E-state index in [0.717, 1.165) is 6.54 Å². The summed E-state index contributed by atoms with van der Waals surface area (Å²) in [6, 6.07) is 0. The van der Waals surface area contributed by atoms with Gasteiger partial charge < -0.3 is 5.11 Å². The molecule has 3 heteroatoms. The van der Waals surface area contributed by atoms with Gasteiger partial charge in [0.15, 0.2) is 6.23 Å². The maximum absolute atomic E-state index is 9.50. The van der Waals surface area contributed by atoms with Crippen molar-refractivity contribution in [3.8, 4) is 0 Å². The predicted molar refractivity (Wildman–Crippen MR) is 111 cm³/mol. The number of unbranched alkanes of at least 4 members (excludes halogenated alkanes) is 15. The van der Waals surface area contributed by atoms with Gasteiger partial charge in [0.1, 0.15) is 12.4 Å². The second-order valence-corrected chi connectivity index (χ2v) is 8.03. The molecule has 152 valence electrons. The molecule has 0 saturated heterocycles. The first-order valence-corrected chi connectivity index (χ1v) is 11.5. The second-order valence-electron chi connectivity index (χ2n) is 8.03. The summed E-state index contributed by atoms with van der Waals surface area (Å²) in [4.78, 5) is 0. The first-order chi connectivity index (χ1) is 12.7. The van der Waals surface area contributed by atoms with Crippen LogP contribution in [0.3, 0.4) is 0 Å². The number of hydrogen-bond acceptors (Lipinski definition) is 1. The highest BCUT2D eigenvalue weighted by Crippen LogP contribution is 2.13. The molecule has 1 atom stereocenters. The number of nitrogens with zero attached hydrogens (tertiary/aromatic N) is 2. The topological polar surface area (TPSA) is 29.0 Å². The summed E-state index contributed by atoms with van der Waals surface area (Å²) in [5.74, 6) is 0. The summed E-state index contributed by atoms with van der Waals surface area (Å²) < 4.78 is 4.02. The molecule has 1 unspecified atom stereocenters. The Kier molecular flexibility index (Phi) is 14.6. The molecule has 26 heavy (non-hydrogen) atoms. The van der Waals surface area contributed by atoms with Gasteiger partial charge in [0, 0.05) is 6.92 Å². The monoisotopic (exact) mass is 365 g/mol. The van der Waals surface area contributed by atoms with E-state index in [1.54, 1.807) is 6.92 Å². The molecule has 0 aromatic carbocycles. The molecule has 1 aromatic heterocycles. The molecule has 0 fully saturated rings. The third kappa shape index (κ3) is 12.5. The van der Waals surface area contributed by atoms with E-state index in [1.807, 2.05) is 17.1 Å². The summed E-state index contributed by atoms with van der Waals surface area (Å²) in [7, 11) is 0. The smallest absolute Gasteiger partial charge is 0.245 e. The highest BCUT2D eigenvalue weighted by molar-refractivity contribution is 4.67. The fourth-order valence-corrected chi connectivity index (χ4v) is 3.61. The zero-order chi connectivity index (χ0) is 18.9. The Balaban J connectivity index is 1.77. The number of aliphatic hydroxyl groups excluding tert-OH is 1. The summed E-state index contributed by atoms with van der Waals surface area (Å²) in [5, 5.41) is 9.50. The van der Waals surface area contributed by atoms with Crippen LogP contribution in [-0.2, 0) is 6.54 Å². The van der Waals surface area contributed by atoms with E-state index in [9.17, 15) is 5.11 Å². The van der Waals surface area contributed by atoms with Gasteiger partial charge in [0.2, 0.25) is 6.33 Å². The number of hydrogen-bond donors (Lipinski definition) is 1. The standard InChI is InChI=1S/C23H45N2O/c1-3-4-5-6-7-8-9-10-11-12-13-14-15-16-17-18-19-24-20-21-25(22-24)23(2)26/h20-23,26H,3-19H2,1-2H3/q+1. The Hall–Kier alpha value is -0.830. The number of imidazole rings is 1. The van der Waals surface area contributed by atoms with Crippen LogP contribution < -0.4 is 4.57 Å². The first kappa shape index (κ1) is 23.2. The average Bonchev–Trinajstić information content (AvgIpc) is 3.10. The van der Waals surface area contributed by atoms with Crippen LogP contribution in [0.15, 0.2) is 18.7 Å². The lowest BCUT2D eigenvalue weighted by molar-refractivity contribution is -0.697. The fourth-order valence-electron chi connectivity index (χ4n) is 3.61. The highest BCUT2D eigenvalue weighted by atomic mass is 16.3. The van der Waals surface area contributed by atoms with Crippen molar-refractivity contribution < 1.29 is 9.67 Å². The van der Waals surface area contributed by atoms with Crippen LogP contribution in [0, 0.1) is 0 Å². The molecular formula is C23H45N2O+. The Morgan fingerprint density at radius 2 is 1.15 bits per heavy atom. The van der Waals surface area contributed by atoms with Crippen LogP contribution in [0.1, 0.15) is 123 Å². The van der Waals surface area contributed by atoms with E-state index >= 15 is 0 Å². The van der Waals surface area contributed by atoms with E-state index in [-0.39, 0.29) is 0 Å². The molecule has 0 saturated carbocycles. The molecule has 0 aliphatic rings. The summed E-state index contributed by atoms with van der Waals surface area (Å²) in [6.07, 6.45) is 28.2. The van der Waals surface area contributed by atoms with Gasteiger partial charge in [-0.05, 0) is 12.8 Å². The quantitative estimate of drug-likeness (QED) is 0.232. The van der Waals surface area contributed by atoms with Gasteiger partial charge in [-0.25, -0.2) is 9.13 Å². The van der Waals surface area contributed by atoms with E-state index in [4.69, 9.17) is 0 Å². The van der Waals surface area contributed by atoms with Crippen LogP contribution in [0.2, 0.25) is 0 Å². The second kappa shape index (κ2) is 16.4. The zero-order valence-corrected chi connectivity index (χ0v) is 17.7. The van der Waals surface area contributed by atoms with E-state index in [0.29, 0.717) is 0 Å². The minimum absolute atomic E-state index is 0.429. The van der Waals surface area contributed by atoms with Crippen LogP contribution in [0.5, 0.6) is 0 Å². The molecule has 3 nitrogen and oxygen atoms in total. The van der Waals surface area contributed by atoms with Crippen molar-refractivity contribution in [1.29, 1.82) is 0 Å². The molecule has 0 radical (unpaired) electrons. The maximum Gasteiger partial charge on any atom is 0.245 e. The van der Waals surface area contributed by atoms with Crippen molar-refractivity contribution >= 4 is 0 Å². The van der Waals surface area contributed by atoms with Crippen LogP contribution >= 0.6 is 0 Å². The lowest BCUT2D eigenvalue weighted by Gasteiger charge is -2.03. The van der Waals surface area contributed by atoms with Crippen molar-refractivity contribution in [2.45, 2.75) is 129 Å². The highest BCUT2D eigenvalue weighted by Gasteiger charge is 2.07. The molecular weight excluding hydrogens is 320 g/mol.